The Bertz CT molecular complexity index is 988. The molecular weight excluding hydrogens is 426 g/mol. The van der Waals surface area contributed by atoms with E-state index in [2.05, 4.69) is 32.2 Å². The van der Waals surface area contributed by atoms with E-state index >= 15 is 0 Å². The smallest absolute Gasteiger partial charge is 0.231 e. The summed E-state index contributed by atoms with van der Waals surface area (Å²) in [4.78, 5) is 13.3. The summed E-state index contributed by atoms with van der Waals surface area (Å²) in [7, 11) is 0. The van der Waals surface area contributed by atoms with E-state index in [4.69, 9.17) is 9.47 Å². The Kier molecular flexibility index (Phi) is 7.82. The molecule has 1 amide bonds. The van der Waals surface area contributed by atoms with Crippen LogP contribution < -0.4 is 14.8 Å². The van der Waals surface area contributed by atoms with Crippen LogP contribution in [0.3, 0.4) is 0 Å². The van der Waals surface area contributed by atoms with Crippen molar-refractivity contribution in [1.29, 1.82) is 0 Å². The minimum absolute atomic E-state index is 0.0111. The van der Waals surface area contributed by atoms with Crippen molar-refractivity contribution in [2.45, 2.75) is 90.1 Å². The standard InChI is InChI=1S/C29H39NO4/c1-29(2,3)24-15-14-21(18-31)16-25(24)30-27(32)17-22(11-6-10-20-8-4-5-9-20)23-12-7-13-26-28(23)34-19-33-26/h7,12-16,20,22,31H,4-6,8-11,17-19H2,1-3H3,(H,30,32). The van der Waals surface area contributed by atoms with Crippen molar-refractivity contribution in [2.75, 3.05) is 12.1 Å². The lowest BCUT2D eigenvalue weighted by molar-refractivity contribution is -0.116. The largest absolute Gasteiger partial charge is 0.454 e. The van der Waals surface area contributed by atoms with Gasteiger partial charge < -0.3 is 19.9 Å². The molecule has 0 saturated heterocycles. The number of amides is 1. The van der Waals surface area contributed by atoms with Gasteiger partial charge in [-0.05, 0) is 46.9 Å². The average Bonchev–Trinajstić information content (AvgIpc) is 3.49. The van der Waals surface area contributed by atoms with Gasteiger partial charge in [0.25, 0.3) is 0 Å². The minimum Gasteiger partial charge on any atom is -0.454 e. The molecule has 2 aromatic rings. The van der Waals surface area contributed by atoms with Crippen LogP contribution in [0, 0.1) is 5.92 Å². The van der Waals surface area contributed by atoms with Gasteiger partial charge in [0.05, 0.1) is 6.61 Å². The van der Waals surface area contributed by atoms with Crippen molar-refractivity contribution in [3.63, 3.8) is 0 Å². The lowest BCUT2D eigenvalue weighted by atomic mass is 9.84. The van der Waals surface area contributed by atoms with Crippen LogP contribution in [-0.2, 0) is 16.8 Å². The van der Waals surface area contributed by atoms with Crippen LogP contribution >= 0.6 is 0 Å². The molecule has 1 atom stereocenters. The molecule has 1 saturated carbocycles. The first-order valence-electron chi connectivity index (χ1n) is 12.8. The molecule has 4 rings (SSSR count). The van der Waals surface area contributed by atoms with Gasteiger partial charge in [0, 0.05) is 17.7 Å². The van der Waals surface area contributed by atoms with Gasteiger partial charge in [0.2, 0.25) is 12.7 Å². The second-order valence-electron chi connectivity index (χ2n) is 10.9. The number of ether oxygens (including phenoxy) is 2. The lowest BCUT2D eigenvalue weighted by Gasteiger charge is -2.25. The highest BCUT2D eigenvalue weighted by molar-refractivity contribution is 5.92. The Morgan fingerprint density at radius 2 is 1.94 bits per heavy atom. The summed E-state index contributed by atoms with van der Waals surface area (Å²) in [6.45, 7) is 6.58. The number of fused-ring (bicyclic) bond motifs is 1. The van der Waals surface area contributed by atoms with Crippen LogP contribution in [0.2, 0.25) is 0 Å². The normalized spacial score (nSPS) is 16.6. The molecule has 1 aliphatic heterocycles. The molecule has 184 valence electrons. The van der Waals surface area contributed by atoms with Gasteiger partial charge in [-0.15, -0.1) is 0 Å². The summed E-state index contributed by atoms with van der Waals surface area (Å²) in [6.07, 6.45) is 9.09. The predicted octanol–water partition coefficient (Wildman–Crippen LogP) is 6.68. The molecule has 2 aromatic carbocycles. The van der Waals surface area contributed by atoms with E-state index in [0.29, 0.717) is 6.42 Å². The first-order chi connectivity index (χ1) is 16.3. The van der Waals surface area contributed by atoms with E-state index in [1.165, 1.54) is 32.1 Å². The molecule has 1 aliphatic carbocycles. The van der Waals surface area contributed by atoms with Crippen LogP contribution in [0.25, 0.3) is 0 Å². The van der Waals surface area contributed by atoms with Crippen LogP contribution in [0.1, 0.15) is 94.7 Å². The molecule has 0 aromatic heterocycles. The maximum atomic E-state index is 13.3. The Morgan fingerprint density at radius 1 is 1.15 bits per heavy atom. The summed E-state index contributed by atoms with van der Waals surface area (Å²) >= 11 is 0. The average molecular weight is 466 g/mol. The zero-order chi connectivity index (χ0) is 24.1. The number of rotatable bonds is 9. The third kappa shape index (κ3) is 5.93. The maximum absolute atomic E-state index is 13.3. The maximum Gasteiger partial charge on any atom is 0.231 e. The number of aliphatic hydroxyl groups excluding tert-OH is 1. The van der Waals surface area contributed by atoms with Crippen molar-refractivity contribution < 1.29 is 19.4 Å². The van der Waals surface area contributed by atoms with Gasteiger partial charge in [-0.25, -0.2) is 0 Å². The van der Waals surface area contributed by atoms with Crippen molar-refractivity contribution in [3.8, 4) is 11.5 Å². The molecule has 0 bridgehead atoms. The molecule has 34 heavy (non-hydrogen) atoms. The third-order valence-electron chi connectivity index (χ3n) is 7.29. The number of benzene rings is 2. The third-order valence-corrected chi connectivity index (χ3v) is 7.29. The number of hydrogen-bond acceptors (Lipinski definition) is 4. The molecular formula is C29H39NO4. The van der Waals surface area contributed by atoms with Crippen molar-refractivity contribution in [3.05, 3.63) is 53.1 Å². The summed E-state index contributed by atoms with van der Waals surface area (Å²) < 4.78 is 11.4. The number of carbonyl (C=O) groups excluding carboxylic acids is 1. The first kappa shape index (κ1) is 24.6. The zero-order valence-corrected chi connectivity index (χ0v) is 20.9. The predicted molar refractivity (Wildman–Crippen MR) is 135 cm³/mol. The fraction of sp³-hybridized carbons (Fsp3) is 0.552. The molecule has 2 N–H and O–H groups in total. The van der Waals surface area contributed by atoms with Gasteiger partial charge in [-0.3, -0.25) is 4.79 Å². The zero-order valence-electron chi connectivity index (χ0n) is 20.9. The van der Waals surface area contributed by atoms with E-state index in [1.54, 1.807) is 0 Å². The topological polar surface area (TPSA) is 67.8 Å². The SMILES string of the molecule is CC(C)(C)c1ccc(CO)cc1NC(=O)CC(CCCC1CCCC1)c1cccc2c1OCO2. The summed E-state index contributed by atoms with van der Waals surface area (Å²) in [5.41, 5.74) is 3.59. The Hall–Kier alpha value is -2.53. The number of hydrogen-bond donors (Lipinski definition) is 2. The van der Waals surface area contributed by atoms with Crippen molar-refractivity contribution in [1.82, 2.24) is 0 Å². The van der Waals surface area contributed by atoms with Gasteiger partial charge in [0.15, 0.2) is 11.5 Å². The minimum atomic E-state index is -0.122. The summed E-state index contributed by atoms with van der Waals surface area (Å²) in [5, 5.41) is 12.8. The van der Waals surface area contributed by atoms with Crippen LogP contribution in [0.4, 0.5) is 5.69 Å². The van der Waals surface area contributed by atoms with Crippen LogP contribution in [-0.4, -0.2) is 17.8 Å². The van der Waals surface area contributed by atoms with E-state index in [1.807, 2.05) is 30.3 Å². The molecule has 0 spiro atoms. The van der Waals surface area contributed by atoms with Crippen molar-refractivity contribution in [2.24, 2.45) is 5.92 Å². The van der Waals surface area contributed by atoms with E-state index < -0.39 is 0 Å². The highest BCUT2D eigenvalue weighted by Gasteiger charge is 2.27. The van der Waals surface area contributed by atoms with E-state index in [-0.39, 0.29) is 30.6 Å². The second-order valence-corrected chi connectivity index (χ2v) is 10.9. The lowest BCUT2D eigenvalue weighted by Crippen LogP contribution is -2.21. The quantitative estimate of drug-likeness (QED) is 0.433. The van der Waals surface area contributed by atoms with Gasteiger partial charge in [-0.1, -0.05) is 83.6 Å². The number of anilines is 1. The number of nitrogens with one attached hydrogen (secondary N) is 1. The fourth-order valence-corrected chi connectivity index (χ4v) is 5.47. The Labute approximate surface area is 203 Å². The van der Waals surface area contributed by atoms with Gasteiger partial charge in [-0.2, -0.15) is 0 Å². The van der Waals surface area contributed by atoms with E-state index in [9.17, 15) is 9.90 Å². The monoisotopic (exact) mass is 465 g/mol. The number of aliphatic hydroxyl groups is 1. The molecule has 5 nitrogen and oxygen atoms in total. The number of para-hydroxylation sites is 1. The summed E-state index contributed by atoms with van der Waals surface area (Å²) in [6, 6.07) is 11.8. The highest BCUT2D eigenvalue weighted by Crippen LogP contribution is 2.42. The molecule has 1 fully saturated rings. The van der Waals surface area contributed by atoms with Crippen molar-refractivity contribution >= 4 is 11.6 Å². The molecule has 0 radical (unpaired) electrons. The number of carbonyl (C=O) groups is 1. The van der Waals surface area contributed by atoms with E-state index in [0.717, 1.165) is 52.6 Å². The van der Waals surface area contributed by atoms with Gasteiger partial charge in [0.1, 0.15) is 0 Å². The summed E-state index contributed by atoms with van der Waals surface area (Å²) in [5.74, 6) is 2.45. The Balaban J connectivity index is 1.52. The van der Waals surface area contributed by atoms with Crippen LogP contribution in [0.15, 0.2) is 36.4 Å². The first-order valence-corrected chi connectivity index (χ1v) is 12.8. The molecule has 5 heteroatoms. The molecule has 1 heterocycles. The fourth-order valence-electron chi connectivity index (χ4n) is 5.47. The van der Waals surface area contributed by atoms with Gasteiger partial charge >= 0.3 is 0 Å². The highest BCUT2D eigenvalue weighted by atomic mass is 16.7. The molecule has 2 aliphatic rings. The Morgan fingerprint density at radius 3 is 2.68 bits per heavy atom. The molecule has 1 unspecified atom stereocenters. The van der Waals surface area contributed by atoms with Crippen LogP contribution in [0.5, 0.6) is 11.5 Å². The second kappa shape index (κ2) is 10.8.